The van der Waals surface area contributed by atoms with Crippen molar-refractivity contribution >= 4 is 22.5 Å². The smallest absolute Gasteiger partial charge is 0.314 e. The van der Waals surface area contributed by atoms with E-state index in [9.17, 15) is 9.59 Å². The predicted octanol–water partition coefficient (Wildman–Crippen LogP) is 5.56. The Kier molecular flexibility index (Phi) is 5.45. The van der Waals surface area contributed by atoms with Crippen LogP contribution in [0.25, 0.3) is 10.8 Å². The Morgan fingerprint density at radius 2 is 1.65 bits per heavy atom. The molecule has 3 rings (SSSR count). The van der Waals surface area contributed by atoms with E-state index in [0.717, 1.165) is 29.5 Å². The minimum atomic E-state index is -0.513. The van der Waals surface area contributed by atoms with Crippen molar-refractivity contribution in [2.45, 2.75) is 58.5 Å². The van der Waals surface area contributed by atoms with Crippen LogP contribution in [0.15, 0.2) is 42.5 Å². The maximum atomic E-state index is 12.5. The third-order valence-electron chi connectivity index (χ3n) is 5.75. The van der Waals surface area contributed by atoms with Gasteiger partial charge in [0.1, 0.15) is 12.0 Å². The van der Waals surface area contributed by atoms with E-state index in [1.165, 1.54) is 12.8 Å². The van der Waals surface area contributed by atoms with Crippen LogP contribution in [0.5, 0.6) is 0 Å². The Morgan fingerprint density at radius 1 is 1.00 bits per heavy atom. The number of hydrogen-bond acceptors (Lipinski definition) is 3. The summed E-state index contributed by atoms with van der Waals surface area (Å²) in [6, 6.07) is 13.4. The summed E-state index contributed by atoms with van der Waals surface area (Å²) in [6.45, 7) is 6.23. The van der Waals surface area contributed by atoms with Crippen LogP contribution in [0, 0.1) is 11.8 Å². The average Bonchev–Trinajstić information content (AvgIpc) is 2.61. The van der Waals surface area contributed by atoms with Crippen LogP contribution in [0.3, 0.4) is 0 Å². The van der Waals surface area contributed by atoms with E-state index in [4.69, 9.17) is 4.74 Å². The van der Waals surface area contributed by atoms with Gasteiger partial charge in [-0.3, -0.25) is 9.59 Å². The number of carbonyl (C=O) groups excluding carboxylic acids is 2. The highest BCUT2D eigenvalue weighted by Gasteiger charge is 2.35. The number of hydrogen-bond donors (Lipinski definition) is 0. The summed E-state index contributed by atoms with van der Waals surface area (Å²) in [5.74, 6) is 0.520. The second-order valence-corrected chi connectivity index (χ2v) is 8.20. The molecule has 2 aromatic rings. The Morgan fingerprint density at radius 3 is 2.35 bits per heavy atom. The summed E-state index contributed by atoms with van der Waals surface area (Å²) < 4.78 is 5.73. The van der Waals surface area contributed by atoms with E-state index in [0.29, 0.717) is 11.5 Å². The molecule has 0 saturated heterocycles. The van der Waals surface area contributed by atoms with Crippen LogP contribution in [0.1, 0.15) is 63.2 Å². The number of ketones is 1. The largest absolute Gasteiger partial charge is 0.459 e. The lowest BCUT2D eigenvalue weighted by atomic mass is 9.75. The molecule has 2 aromatic carbocycles. The normalized spacial score (nSPS) is 20.7. The zero-order chi connectivity index (χ0) is 18.7. The lowest BCUT2D eigenvalue weighted by Gasteiger charge is -2.38. The maximum Gasteiger partial charge on any atom is 0.314 e. The molecule has 0 N–H and O–H groups in total. The number of fused-ring (bicyclic) bond motifs is 1. The van der Waals surface area contributed by atoms with Gasteiger partial charge in [-0.1, -0.05) is 56.2 Å². The van der Waals surface area contributed by atoms with Gasteiger partial charge in [0.15, 0.2) is 5.78 Å². The topological polar surface area (TPSA) is 43.4 Å². The van der Waals surface area contributed by atoms with Crippen molar-refractivity contribution in [2.75, 3.05) is 0 Å². The van der Waals surface area contributed by atoms with Crippen LogP contribution in [0.4, 0.5) is 0 Å². The van der Waals surface area contributed by atoms with E-state index in [1.54, 1.807) is 6.07 Å². The molecule has 3 heteroatoms. The van der Waals surface area contributed by atoms with Gasteiger partial charge in [0.2, 0.25) is 0 Å². The Balaban J connectivity index is 1.62. The number of rotatable bonds is 5. The molecule has 0 unspecified atom stereocenters. The van der Waals surface area contributed by atoms with E-state index in [-0.39, 0.29) is 12.2 Å². The van der Waals surface area contributed by atoms with E-state index >= 15 is 0 Å². The van der Waals surface area contributed by atoms with Crippen LogP contribution in [-0.2, 0) is 9.53 Å². The fourth-order valence-corrected chi connectivity index (χ4v) is 3.96. The zero-order valence-corrected chi connectivity index (χ0v) is 16.0. The van der Waals surface area contributed by atoms with Gasteiger partial charge in [-0.25, -0.2) is 0 Å². The highest BCUT2D eigenvalue weighted by Crippen LogP contribution is 2.37. The second-order valence-electron chi connectivity index (χ2n) is 8.20. The monoisotopic (exact) mass is 352 g/mol. The highest BCUT2D eigenvalue weighted by atomic mass is 16.6. The molecule has 1 fully saturated rings. The summed E-state index contributed by atoms with van der Waals surface area (Å²) in [5.41, 5.74) is 0.0471. The molecule has 26 heavy (non-hydrogen) atoms. The first-order valence-electron chi connectivity index (χ1n) is 9.59. The van der Waals surface area contributed by atoms with Crippen molar-refractivity contribution in [3.05, 3.63) is 48.0 Å². The molecule has 1 aliphatic rings. The molecular formula is C23H28O3. The molecule has 0 radical (unpaired) electrons. The molecule has 0 aliphatic heterocycles. The Labute approximate surface area is 155 Å². The summed E-state index contributed by atoms with van der Waals surface area (Å²) in [5, 5.41) is 2.09. The van der Waals surface area contributed by atoms with Crippen LogP contribution in [0.2, 0.25) is 0 Å². The molecule has 1 saturated carbocycles. The molecule has 138 valence electrons. The van der Waals surface area contributed by atoms with Gasteiger partial charge in [-0.2, -0.15) is 0 Å². The van der Waals surface area contributed by atoms with Gasteiger partial charge >= 0.3 is 5.97 Å². The number of ether oxygens (including phenoxy) is 1. The first-order chi connectivity index (χ1) is 12.3. The summed E-state index contributed by atoms with van der Waals surface area (Å²) in [4.78, 5) is 24.9. The Bertz CT molecular complexity index is 798. The van der Waals surface area contributed by atoms with E-state index in [2.05, 4.69) is 6.92 Å². The number of benzene rings is 2. The summed E-state index contributed by atoms with van der Waals surface area (Å²) >= 11 is 0. The molecule has 0 heterocycles. The van der Waals surface area contributed by atoms with Crippen molar-refractivity contribution < 1.29 is 14.3 Å². The van der Waals surface area contributed by atoms with Gasteiger partial charge < -0.3 is 4.74 Å². The predicted molar refractivity (Wildman–Crippen MR) is 104 cm³/mol. The van der Waals surface area contributed by atoms with Crippen molar-refractivity contribution in [3.8, 4) is 0 Å². The van der Waals surface area contributed by atoms with Gasteiger partial charge in [0.25, 0.3) is 0 Å². The van der Waals surface area contributed by atoms with E-state index in [1.807, 2.05) is 50.2 Å². The molecule has 0 bridgehead atoms. The molecule has 0 amide bonds. The van der Waals surface area contributed by atoms with Gasteiger partial charge in [-0.15, -0.1) is 0 Å². The van der Waals surface area contributed by atoms with Crippen LogP contribution < -0.4 is 0 Å². The summed E-state index contributed by atoms with van der Waals surface area (Å²) in [7, 11) is 0. The standard InChI is InChI=1S/C23H28O3/c1-16-8-12-20(13-9-16)23(2,3)26-22(25)15-21(24)19-11-10-17-6-4-5-7-18(17)14-19/h4-7,10-11,14,16,20H,8-9,12-13,15H2,1-3H3. The second kappa shape index (κ2) is 7.61. The molecule has 0 atom stereocenters. The van der Waals surface area contributed by atoms with Gasteiger partial charge in [-0.05, 0) is 55.4 Å². The number of carbonyl (C=O) groups is 2. The van der Waals surface area contributed by atoms with Gasteiger partial charge in [0.05, 0.1) is 0 Å². The van der Waals surface area contributed by atoms with Crippen LogP contribution >= 0.6 is 0 Å². The lowest BCUT2D eigenvalue weighted by Crippen LogP contribution is -2.39. The molecule has 0 spiro atoms. The van der Waals surface area contributed by atoms with E-state index < -0.39 is 11.6 Å². The highest BCUT2D eigenvalue weighted by molar-refractivity contribution is 6.07. The molecule has 3 nitrogen and oxygen atoms in total. The first kappa shape index (κ1) is 18.6. The molecule has 0 aromatic heterocycles. The Hall–Kier alpha value is -2.16. The van der Waals surface area contributed by atoms with Crippen molar-refractivity contribution in [2.24, 2.45) is 11.8 Å². The number of esters is 1. The third kappa shape index (κ3) is 4.32. The minimum Gasteiger partial charge on any atom is -0.459 e. The van der Waals surface area contributed by atoms with Crippen molar-refractivity contribution in [1.29, 1.82) is 0 Å². The van der Waals surface area contributed by atoms with Crippen LogP contribution in [-0.4, -0.2) is 17.4 Å². The molecule has 1 aliphatic carbocycles. The average molecular weight is 352 g/mol. The SMILES string of the molecule is CC1CCC(C(C)(C)OC(=O)CC(=O)c2ccc3ccccc3c2)CC1. The summed E-state index contributed by atoms with van der Waals surface area (Å²) in [6.07, 6.45) is 4.33. The van der Waals surface area contributed by atoms with Gasteiger partial charge in [0, 0.05) is 5.56 Å². The maximum absolute atomic E-state index is 12.5. The quantitative estimate of drug-likeness (QED) is 0.402. The third-order valence-corrected chi connectivity index (χ3v) is 5.75. The first-order valence-corrected chi connectivity index (χ1v) is 9.59. The fraction of sp³-hybridized carbons (Fsp3) is 0.478. The lowest BCUT2D eigenvalue weighted by molar-refractivity contribution is -0.162. The van der Waals surface area contributed by atoms with Crippen molar-refractivity contribution in [1.82, 2.24) is 0 Å². The minimum absolute atomic E-state index is 0.186. The number of Topliss-reactive ketones (excluding diaryl/α,β-unsaturated/α-hetero) is 1. The fourth-order valence-electron chi connectivity index (χ4n) is 3.96. The zero-order valence-electron chi connectivity index (χ0n) is 16.0. The molecular weight excluding hydrogens is 324 g/mol. The van der Waals surface area contributed by atoms with Crippen molar-refractivity contribution in [3.63, 3.8) is 0 Å².